The summed E-state index contributed by atoms with van der Waals surface area (Å²) in [7, 11) is 0. The molecule has 100 valence electrons. The van der Waals surface area contributed by atoms with Crippen molar-refractivity contribution in [1.82, 2.24) is 0 Å². The maximum absolute atomic E-state index is 13.1. The molecular weight excluding hydrogens is 295 g/mol. The Morgan fingerprint density at radius 2 is 2.06 bits per heavy atom. The van der Waals surface area contributed by atoms with Gasteiger partial charge in [-0.1, -0.05) is 29.8 Å². The molecule has 1 aromatic rings. The van der Waals surface area contributed by atoms with E-state index in [0.29, 0.717) is 4.83 Å². The molecule has 1 saturated carbocycles. The Labute approximate surface area is 117 Å². The Morgan fingerprint density at radius 3 is 2.56 bits per heavy atom. The van der Waals surface area contributed by atoms with Gasteiger partial charge in [0.25, 0.3) is 0 Å². The molecule has 0 saturated heterocycles. The summed E-state index contributed by atoms with van der Waals surface area (Å²) in [5.41, 5.74) is 1.09. The summed E-state index contributed by atoms with van der Waals surface area (Å²) < 4.78 is 19.2. The molecule has 0 bridgehead atoms. The van der Waals surface area contributed by atoms with Gasteiger partial charge < -0.3 is 4.74 Å². The average molecular weight is 315 g/mol. The summed E-state index contributed by atoms with van der Waals surface area (Å²) >= 11 is 3.75. The highest BCUT2D eigenvalue weighted by atomic mass is 79.9. The molecule has 1 fully saturated rings. The van der Waals surface area contributed by atoms with Crippen LogP contribution in [0.2, 0.25) is 0 Å². The number of hydrogen-bond donors (Lipinski definition) is 0. The molecule has 0 amide bonds. The summed E-state index contributed by atoms with van der Waals surface area (Å²) in [4.78, 5) is 0.533. The van der Waals surface area contributed by atoms with Crippen molar-refractivity contribution in [2.75, 3.05) is 0 Å². The van der Waals surface area contributed by atoms with Gasteiger partial charge in [-0.3, -0.25) is 0 Å². The summed E-state index contributed by atoms with van der Waals surface area (Å²) in [6.45, 7) is 6.32. The quantitative estimate of drug-likeness (QED) is 0.721. The van der Waals surface area contributed by atoms with Crippen LogP contribution in [0.1, 0.15) is 38.7 Å². The zero-order valence-corrected chi connectivity index (χ0v) is 12.8. The predicted molar refractivity (Wildman–Crippen MR) is 75.9 cm³/mol. The Balaban J connectivity index is 2.15. The van der Waals surface area contributed by atoms with Crippen LogP contribution < -0.4 is 4.74 Å². The van der Waals surface area contributed by atoms with Crippen molar-refractivity contribution in [1.29, 1.82) is 0 Å². The first-order chi connectivity index (χ1) is 8.53. The number of ether oxygens (including phenoxy) is 1. The zero-order chi connectivity index (χ0) is 13.3. The van der Waals surface area contributed by atoms with Crippen molar-refractivity contribution in [3.05, 3.63) is 29.6 Å². The van der Waals surface area contributed by atoms with Gasteiger partial charge in [-0.05, 0) is 49.9 Å². The third-order valence-electron chi connectivity index (χ3n) is 4.41. The van der Waals surface area contributed by atoms with Crippen molar-refractivity contribution in [3.8, 4) is 5.75 Å². The number of halogens is 2. The van der Waals surface area contributed by atoms with Gasteiger partial charge in [0, 0.05) is 10.2 Å². The molecule has 1 aromatic carbocycles. The highest BCUT2D eigenvalue weighted by Crippen LogP contribution is 2.52. The van der Waals surface area contributed by atoms with E-state index in [-0.39, 0.29) is 17.3 Å². The highest BCUT2D eigenvalue weighted by Gasteiger charge is 2.53. The van der Waals surface area contributed by atoms with E-state index in [1.54, 1.807) is 6.07 Å². The summed E-state index contributed by atoms with van der Waals surface area (Å²) in [6, 6.07) is 4.73. The summed E-state index contributed by atoms with van der Waals surface area (Å²) in [6.07, 6.45) is 3.47. The Hall–Kier alpha value is -0.570. The molecule has 2 rings (SSSR count). The fourth-order valence-corrected chi connectivity index (χ4v) is 4.19. The lowest BCUT2D eigenvalue weighted by molar-refractivity contribution is -0.0414. The molecule has 0 aromatic heterocycles. The van der Waals surface area contributed by atoms with E-state index < -0.39 is 0 Å². The standard InChI is InChI=1S/C15H20BrFO/c1-4-15(5-2)13(16)9-14(15)18-12-7-6-11(17)8-10(12)3/h6-8,13-14H,4-5,9H2,1-3H3. The first kappa shape index (κ1) is 13.9. The van der Waals surface area contributed by atoms with E-state index in [4.69, 9.17) is 4.74 Å². The molecule has 18 heavy (non-hydrogen) atoms. The van der Waals surface area contributed by atoms with Crippen LogP contribution >= 0.6 is 15.9 Å². The van der Waals surface area contributed by atoms with Gasteiger partial charge in [-0.2, -0.15) is 0 Å². The average Bonchev–Trinajstić information content (AvgIpc) is 2.33. The van der Waals surface area contributed by atoms with E-state index in [0.717, 1.165) is 30.6 Å². The number of rotatable bonds is 4. The van der Waals surface area contributed by atoms with Gasteiger partial charge in [0.2, 0.25) is 0 Å². The minimum atomic E-state index is -0.205. The molecule has 2 unspecified atom stereocenters. The van der Waals surface area contributed by atoms with Crippen LogP contribution in [0.25, 0.3) is 0 Å². The van der Waals surface area contributed by atoms with Crippen LogP contribution in [0.3, 0.4) is 0 Å². The van der Waals surface area contributed by atoms with Gasteiger partial charge in [-0.15, -0.1) is 0 Å². The zero-order valence-electron chi connectivity index (χ0n) is 11.2. The number of aryl methyl sites for hydroxylation is 1. The lowest BCUT2D eigenvalue weighted by Gasteiger charge is -2.52. The molecule has 0 heterocycles. The van der Waals surface area contributed by atoms with Crippen LogP contribution in [-0.4, -0.2) is 10.9 Å². The lowest BCUT2D eigenvalue weighted by Crippen LogP contribution is -2.56. The molecule has 2 atom stereocenters. The van der Waals surface area contributed by atoms with Crippen molar-refractivity contribution in [3.63, 3.8) is 0 Å². The van der Waals surface area contributed by atoms with Crippen molar-refractivity contribution in [2.24, 2.45) is 5.41 Å². The number of benzene rings is 1. The van der Waals surface area contributed by atoms with Gasteiger partial charge in [-0.25, -0.2) is 4.39 Å². The van der Waals surface area contributed by atoms with Gasteiger partial charge in [0.05, 0.1) is 0 Å². The van der Waals surface area contributed by atoms with Crippen molar-refractivity contribution < 1.29 is 9.13 Å². The predicted octanol–water partition coefficient (Wildman–Crippen LogP) is 4.86. The van der Waals surface area contributed by atoms with Gasteiger partial charge >= 0.3 is 0 Å². The smallest absolute Gasteiger partial charge is 0.123 e. The Bertz CT molecular complexity index is 429. The Kier molecular flexibility index (Phi) is 4.00. The van der Waals surface area contributed by atoms with E-state index in [2.05, 4.69) is 29.8 Å². The van der Waals surface area contributed by atoms with E-state index in [9.17, 15) is 4.39 Å². The SMILES string of the molecule is CCC1(CC)C(Br)CC1Oc1ccc(F)cc1C. The molecule has 0 aliphatic heterocycles. The largest absolute Gasteiger partial charge is 0.489 e. The molecule has 0 spiro atoms. The molecule has 1 nitrogen and oxygen atoms in total. The highest BCUT2D eigenvalue weighted by molar-refractivity contribution is 9.09. The maximum Gasteiger partial charge on any atom is 0.123 e. The molecular formula is C15H20BrFO. The van der Waals surface area contributed by atoms with Crippen molar-refractivity contribution >= 4 is 15.9 Å². The molecule has 1 aliphatic carbocycles. The van der Waals surface area contributed by atoms with Crippen LogP contribution in [0.4, 0.5) is 4.39 Å². The van der Waals surface area contributed by atoms with E-state index >= 15 is 0 Å². The monoisotopic (exact) mass is 314 g/mol. The van der Waals surface area contributed by atoms with E-state index in [1.807, 2.05) is 6.92 Å². The first-order valence-corrected chi connectivity index (χ1v) is 7.52. The van der Waals surface area contributed by atoms with Crippen molar-refractivity contribution in [2.45, 2.75) is 51.0 Å². The topological polar surface area (TPSA) is 9.23 Å². The second-order valence-electron chi connectivity index (χ2n) is 5.16. The third kappa shape index (κ3) is 2.18. The van der Waals surface area contributed by atoms with Gasteiger partial charge in [0.1, 0.15) is 17.7 Å². The summed E-state index contributed by atoms with van der Waals surface area (Å²) in [5, 5.41) is 0. The molecule has 0 N–H and O–H groups in total. The molecule has 1 aliphatic rings. The van der Waals surface area contributed by atoms with Gasteiger partial charge in [0.15, 0.2) is 0 Å². The lowest BCUT2D eigenvalue weighted by atomic mass is 9.62. The fraction of sp³-hybridized carbons (Fsp3) is 0.600. The minimum Gasteiger partial charge on any atom is -0.489 e. The normalized spacial score (nSPS) is 25.6. The second-order valence-corrected chi connectivity index (χ2v) is 6.27. The minimum absolute atomic E-state index is 0.205. The van der Waals surface area contributed by atoms with Crippen LogP contribution in [0, 0.1) is 18.2 Å². The molecule has 0 radical (unpaired) electrons. The third-order valence-corrected chi connectivity index (χ3v) is 5.69. The number of hydrogen-bond acceptors (Lipinski definition) is 1. The molecule has 3 heteroatoms. The van der Waals surface area contributed by atoms with E-state index in [1.165, 1.54) is 12.1 Å². The fourth-order valence-electron chi connectivity index (χ4n) is 2.91. The maximum atomic E-state index is 13.1. The number of alkyl halides is 1. The second kappa shape index (κ2) is 5.20. The summed E-state index contributed by atoms with van der Waals surface area (Å²) in [5.74, 6) is 0.608. The van der Waals surface area contributed by atoms with Crippen LogP contribution in [0.15, 0.2) is 18.2 Å². The van der Waals surface area contributed by atoms with Crippen LogP contribution in [-0.2, 0) is 0 Å². The first-order valence-electron chi connectivity index (χ1n) is 6.60. The Morgan fingerprint density at radius 1 is 1.39 bits per heavy atom. The van der Waals surface area contributed by atoms with Crippen LogP contribution in [0.5, 0.6) is 5.75 Å².